The maximum absolute atomic E-state index is 13.3. The predicted molar refractivity (Wildman–Crippen MR) is 153 cm³/mol. The highest BCUT2D eigenvalue weighted by Crippen LogP contribution is 2.36. The molecule has 41 heavy (non-hydrogen) atoms. The first kappa shape index (κ1) is 30.2. The Morgan fingerprint density at radius 2 is 1.88 bits per heavy atom. The van der Waals surface area contributed by atoms with E-state index >= 15 is 0 Å². The van der Waals surface area contributed by atoms with Crippen LogP contribution >= 0.6 is 23.2 Å². The van der Waals surface area contributed by atoms with E-state index in [1.807, 2.05) is 6.07 Å². The lowest BCUT2D eigenvalue weighted by Gasteiger charge is -2.27. The van der Waals surface area contributed by atoms with Crippen molar-refractivity contribution in [3.05, 3.63) is 98.8 Å². The van der Waals surface area contributed by atoms with Gasteiger partial charge in [0.2, 0.25) is 0 Å². The summed E-state index contributed by atoms with van der Waals surface area (Å²) in [5, 5.41) is 5.57. The summed E-state index contributed by atoms with van der Waals surface area (Å²) in [6.45, 7) is 4.29. The molecule has 2 aromatic carbocycles. The van der Waals surface area contributed by atoms with Crippen molar-refractivity contribution in [1.29, 1.82) is 0 Å². The summed E-state index contributed by atoms with van der Waals surface area (Å²) in [4.78, 5) is 36.8. The van der Waals surface area contributed by atoms with Gasteiger partial charge in [-0.1, -0.05) is 35.3 Å². The van der Waals surface area contributed by atoms with Gasteiger partial charge in [0.15, 0.2) is 5.78 Å². The lowest BCUT2D eigenvalue weighted by atomic mass is 10.0. The van der Waals surface area contributed by atoms with E-state index in [9.17, 15) is 22.8 Å². The highest BCUT2D eigenvalue weighted by Gasteiger charge is 2.33. The average molecular weight is 605 g/mol. The minimum absolute atomic E-state index is 0.0736. The lowest BCUT2D eigenvalue weighted by Crippen LogP contribution is -2.42. The van der Waals surface area contributed by atoms with Crippen LogP contribution in [0.3, 0.4) is 0 Å². The van der Waals surface area contributed by atoms with Gasteiger partial charge < -0.3 is 16.4 Å². The second-order valence-electron chi connectivity index (χ2n) is 9.10. The number of alkyl halides is 3. The molecule has 1 fully saturated rings. The second-order valence-corrected chi connectivity index (χ2v) is 9.95. The standard InChI is InChI=1S/C28H25Cl2F3N6O2/c29-20-11-22(25(40)19(13-34)14-36-21-4-5-24(30)23(12-21)28(31,32)33)26(37-15-20)38-27(41)18-3-1-2-17(10-18)16-39-8-6-35-7-9-39/h1-5,10-15,35H,6-9,16,34H2,(H,37,38,41)/b19-13+,36-14?. The topological polar surface area (TPSA) is 113 Å². The molecule has 8 nitrogen and oxygen atoms in total. The van der Waals surface area contributed by atoms with Gasteiger partial charge in [-0.3, -0.25) is 19.5 Å². The number of nitrogens with two attached hydrogens (primary N) is 1. The molecule has 1 aliphatic heterocycles. The molecule has 0 unspecified atom stereocenters. The van der Waals surface area contributed by atoms with E-state index in [4.69, 9.17) is 28.9 Å². The number of hydrogen-bond donors (Lipinski definition) is 3. The molecule has 0 radical (unpaired) electrons. The maximum Gasteiger partial charge on any atom is 0.417 e. The molecule has 0 atom stereocenters. The number of hydrogen-bond acceptors (Lipinski definition) is 7. The van der Waals surface area contributed by atoms with Crippen molar-refractivity contribution in [2.45, 2.75) is 12.7 Å². The lowest BCUT2D eigenvalue weighted by molar-refractivity contribution is -0.137. The molecule has 1 saturated heterocycles. The normalized spacial score (nSPS) is 14.8. The van der Waals surface area contributed by atoms with Gasteiger partial charge >= 0.3 is 6.18 Å². The van der Waals surface area contributed by atoms with E-state index in [-0.39, 0.29) is 27.7 Å². The molecule has 4 N–H and O–H groups in total. The summed E-state index contributed by atoms with van der Waals surface area (Å²) in [6, 6.07) is 11.5. The molecule has 0 bridgehead atoms. The molecule has 0 saturated carbocycles. The van der Waals surface area contributed by atoms with Crippen LogP contribution in [0.2, 0.25) is 10.0 Å². The number of aromatic nitrogens is 1. The van der Waals surface area contributed by atoms with E-state index in [1.165, 1.54) is 18.3 Å². The zero-order valence-electron chi connectivity index (χ0n) is 21.5. The Labute approximate surface area is 244 Å². The Hall–Kier alpha value is -3.77. The number of carbonyl (C=O) groups is 2. The van der Waals surface area contributed by atoms with Crippen molar-refractivity contribution in [1.82, 2.24) is 15.2 Å². The summed E-state index contributed by atoms with van der Waals surface area (Å²) in [7, 11) is 0. The zero-order chi connectivity index (χ0) is 29.6. The van der Waals surface area contributed by atoms with Crippen molar-refractivity contribution < 1.29 is 22.8 Å². The van der Waals surface area contributed by atoms with E-state index in [2.05, 4.69) is 25.5 Å². The van der Waals surface area contributed by atoms with Gasteiger partial charge in [-0.15, -0.1) is 0 Å². The minimum atomic E-state index is -4.69. The summed E-state index contributed by atoms with van der Waals surface area (Å²) >= 11 is 11.7. The number of aliphatic imine (C=N–C) groups is 1. The van der Waals surface area contributed by atoms with Gasteiger partial charge in [0.05, 0.1) is 32.4 Å². The summed E-state index contributed by atoms with van der Waals surface area (Å²) in [6.07, 6.45) is -1.47. The molecule has 3 aromatic rings. The fourth-order valence-electron chi connectivity index (χ4n) is 4.12. The fraction of sp³-hybridized carbons (Fsp3) is 0.214. The molecule has 1 amide bonds. The van der Waals surface area contributed by atoms with Gasteiger partial charge in [-0.2, -0.15) is 13.2 Å². The Balaban J connectivity index is 1.54. The van der Waals surface area contributed by atoms with Crippen molar-refractivity contribution in [3.63, 3.8) is 0 Å². The number of nitrogens with one attached hydrogen (secondary N) is 2. The summed E-state index contributed by atoms with van der Waals surface area (Å²) in [5.41, 5.74) is 5.54. The van der Waals surface area contributed by atoms with Gasteiger partial charge in [0, 0.05) is 56.9 Å². The summed E-state index contributed by atoms with van der Waals surface area (Å²) in [5.74, 6) is -1.28. The third-order valence-corrected chi connectivity index (χ3v) is 6.72. The van der Waals surface area contributed by atoms with Crippen LogP contribution in [0.1, 0.15) is 31.8 Å². The molecule has 4 rings (SSSR count). The quantitative estimate of drug-likeness (QED) is 0.178. The molecule has 0 aliphatic carbocycles. The summed E-state index contributed by atoms with van der Waals surface area (Å²) < 4.78 is 39.6. The van der Waals surface area contributed by atoms with Crippen LogP contribution in [-0.2, 0) is 12.7 Å². The number of piperazine rings is 1. The number of pyridine rings is 1. The number of nitrogens with zero attached hydrogens (tertiary/aromatic N) is 3. The number of anilines is 1. The van der Waals surface area contributed by atoms with Crippen LogP contribution in [0.15, 0.2) is 71.5 Å². The third-order valence-electron chi connectivity index (χ3n) is 6.19. The number of Topliss-reactive ketones (excluding diaryl/α,β-unsaturated/α-hetero) is 1. The number of halogens is 5. The van der Waals surface area contributed by atoms with Crippen LogP contribution in [0, 0.1) is 0 Å². The molecule has 13 heteroatoms. The van der Waals surface area contributed by atoms with Crippen molar-refractivity contribution >= 4 is 52.6 Å². The van der Waals surface area contributed by atoms with Gasteiger partial charge in [-0.25, -0.2) is 4.98 Å². The van der Waals surface area contributed by atoms with Gasteiger partial charge in [0.1, 0.15) is 5.82 Å². The Morgan fingerprint density at radius 1 is 1.12 bits per heavy atom. The molecule has 0 spiro atoms. The Morgan fingerprint density at radius 3 is 2.59 bits per heavy atom. The number of rotatable bonds is 8. The van der Waals surface area contributed by atoms with Crippen LogP contribution in [0.4, 0.5) is 24.7 Å². The first-order valence-electron chi connectivity index (χ1n) is 12.4. The molecule has 2 heterocycles. The van der Waals surface area contributed by atoms with E-state index in [0.717, 1.165) is 56.3 Å². The van der Waals surface area contributed by atoms with Gasteiger partial charge in [-0.05, 0) is 42.0 Å². The molecule has 1 aliphatic rings. The average Bonchev–Trinajstić information content (AvgIpc) is 2.95. The van der Waals surface area contributed by atoms with E-state index < -0.39 is 28.5 Å². The number of ketones is 1. The van der Waals surface area contributed by atoms with E-state index in [0.29, 0.717) is 12.1 Å². The SMILES string of the molecule is N/C=C(\C=Nc1ccc(Cl)c(C(F)(F)F)c1)C(=O)c1cc(Cl)cnc1NC(=O)c1cccc(CN2CCNCC2)c1. The van der Waals surface area contributed by atoms with Crippen molar-refractivity contribution in [2.24, 2.45) is 10.7 Å². The van der Waals surface area contributed by atoms with Crippen molar-refractivity contribution in [2.75, 3.05) is 31.5 Å². The molecular formula is C28H25Cl2F3N6O2. The van der Waals surface area contributed by atoms with E-state index in [1.54, 1.807) is 18.2 Å². The monoisotopic (exact) mass is 604 g/mol. The zero-order valence-corrected chi connectivity index (χ0v) is 23.0. The Bertz CT molecular complexity index is 1500. The maximum atomic E-state index is 13.3. The van der Waals surface area contributed by atoms with Crippen LogP contribution in [0.5, 0.6) is 0 Å². The smallest absolute Gasteiger partial charge is 0.404 e. The molecule has 1 aromatic heterocycles. The molecule has 214 valence electrons. The number of benzene rings is 2. The highest BCUT2D eigenvalue weighted by molar-refractivity contribution is 6.32. The first-order chi connectivity index (χ1) is 19.5. The van der Waals surface area contributed by atoms with Gasteiger partial charge in [0.25, 0.3) is 5.91 Å². The number of allylic oxidation sites excluding steroid dienone is 1. The number of carbonyl (C=O) groups excluding carboxylic acids is 2. The number of amides is 1. The predicted octanol–water partition coefficient (Wildman–Crippen LogP) is 5.49. The first-order valence-corrected chi connectivity index (χ1v) is 13.2. The highest BCUT2D eigenvalue weighted by atomic mass is 35.5. The van der Waals surface area contributed by atoms with Crippen LogP contribution in [0.25, 0.3) is 0 Å². The fourth-order valence-corrected chi connectivity index (χ4v) is 4.50. The van der Waals surface area contributed by atoms with Crippen molar-refractivity contribution in [3.8, 4) is 0 Å². The minimum Gasteiger partial charge on any atom is -0.404 e. The van der Waals surface area contributed by atoms with Crippen LogP contribution < -0.4 is 16.4 Å². The second kappa shape index (κ2) is 13.3. The van der Waals surface area contributed by atoms with Crippen LogP contribution in [-0.4, -0.2) is 54.0 Å². The Kier molecular flexibility index (Phi) is 9.77. The third kappa shape index (κ3) is 7.92. The largest absolute Gasteiger partial charge is 0.417 e. The molecular weight excluding hydrogens is 580 g/mol.